The Hall–Kier alpha value is -2.63. The van der Waals surface area contributed by atoms with Crippen LogP contribution in [0.5, 0.6) is 11.5 Å². The summed E-state index contributed by atoms with van der Waals surface area (Å²) in [6.45, 7) is 8.05. The van der Waals surface area contributed by atoms with Crippen LogP contribution < -0.4 is 25.0 Å². The number of hydrogen-bond donors (Lipinski definition) is 3. The molecule has 1 aliphatic rings. The topological polar surface area (TPSA) is 123 Å². The number of amides is 2. The summed E-state index contributed by atoms with van der Waals surface area (Å²) in [6.07, 6.45) is 0.813. The SMILES string of the molecule is CCc1sc(C(=O)NNC(=O)C(NS(=O)(=O)c2ccc3c(c2)OCCO3)C(C)C)cc1C. The molecule has 0 fully saturated rings. The first-order valence-corrected chi connectivity index (χ1v) is 12.5. The number of carbonyl (C=O) groups is 2. The number of hydrazine groups is 1. The fraction of sp³-hybridized carbons (Fsp3) is 0.429. The Kier molecular flexibility index (Phi) is 7.42. The number of aryl methyl sites for hydroxylation is 2. The normalized spacial score (nSPS) is 14.2. The van der Waals surface area contributed by atoms with Gasteiger partial charge in [0.1, 0.15) is 19.3 Å². The summed E-state index contributed by atoms with van der Waals surface area (Å²) < 4.78 is 39.1. The van der Waals surface area contributed by atoms with E-state index < -0.39 is 27.9 Å². The second-order valence-corrected chi connectivity index (χ2v) is 10.5. The molecule has 1 unspecified atom stereocenters. The maximum atomic E-state index is 12.9. The van der Waals surface area contributed by atoms with Gasteiger partial charge in [0.2, 0.25) is 10.0 Å². The van der Waals surface area contributed by atoms with Gasteiger partial charge in [-0.15, -0.1) is 11.3 Å². The van der Waals surface area contributed by atoms with Crippen LogP contribution in [0, 0.1) is 12.8 Å². The minimum absolute atomic E-state index is 0.0506. The molecule has 0 bridgehead atoms. The molecule has 0 saturated carbocycles. The van der Waals surface area contributed by atoms with Gasteiger partial charge < -0.3 is 9.47 Å². The summed E-state index contributed by atoms with van der Waals surface area (Å²) >= 11 is 1.36. The van der Waals surface area contributed by atoms with Gasteiger partial charge in [0.25, 0.3) is 11.8 Å². The number of carbonyl (C=O) groups excluding carboxylic acids is 2. The Bertz CT molecular complexity index is 1110. The second kappa shape index (κ2) is 9.88. The van der Waals surface area contributed by atoms with Crippen molar-refractivity contribution in [3.63, 3.8) is 0 Å². The van der Waals surface area contributed by atoms with E-state index in [0.717, 1.165) is 16.9 Å². The van der Waals surface area contributed by atoms with Gasteiger partial charge >= 0.3 is 0 Å². The molecule has 0 saturated heterocycles. The third-order valence-electron chi connectivity index (χ3n) is 4.92. The molecule has 0 spiro atoms. The maximum absolute atomic E-state index is 12.9. The summed E-state index contributed by atoms with van der Waals surface area (Å²) in [7, 11) is -4.04. The van der Waals surface area contributed by atoms with Crippen LogP contribution in [-0.2, 0) is 21.2 Å². The molecule has 0 radical (unpaired) electrons. The van der Waals surface area contributed by atoms with Crippen LogP contribution in [0.1, 0.15) is 40.9 Å². The third kappa shape index (κ3) is 5.40. The predicted molar refractivity (Wildman–Crippen MR) is 120 cm³/mol. The minimum Gasteiger partial charge on any atom is -0.486 e. The van der Waals surface area contributed by atoms with E-state index >= 15 is 0 Å². The van der Waals surface area contributed by atoms with Crippen molar-refractivity contribution in [3.8, 4) is 11.5 Å². The molecular weight excluding hydrogens is 454 g/mol. The molecule has 2 amide bonds. The number of hydrogen-bond acceptors (Lipinski definition) is 7. The lowest BCUT2D eigenvalue weighted by atomic mass is 10.1. The first-order valence-electron chi connectivity index (χ1n) is 10.2. The van der Waals surface area contributed by atoms with Crippen molar-refractivity contribution in [3.05, 3.63) is 39.6 Å². The van der Waals surface area contributed by atoms with Gasteiger partial charge in [0, 0.05) is 10.9 Å². The first kappa shape index (κ1) is 24.0. The van der Waals surface area contributed by atoms with Gasteiger partial charge in [0.15, 0.2) is 11.5 Å². The van der Waals surface area contributed by atoms with Crippen LogP contribution in [0.4, 0.5) is 0 Å². The number of thiophene rings is 1. The van der Waals surface area contributed by atoms with E-state index in [2.05, 4.69) is 15.6 Å². The highest BCUT2D eigenvalue weighted by atomic mass is 32.2. The Morgan fingerprint density at radius 3 is 2.41 bits per heavy atom. The van der Waals surface area contributed by atoms with Gasteiger partial charge in [-0.05, 0) is 43.0 Å². The van der Waals surface area contributed by atoms with Crippen LogP contribution >= 0.6 is 11.3 Å². The standard InChI is InChI=1S/C21H27N3O6S2/c1-5-17-13(4)10-18(31-17)20(25)22-23-21(26)19(12(2)3)24-32(27,28)14-6-7-15-16(11-14)30-9-8-29-15/h6-7,10-12,19,24H,5,8-9H2,1-4H3,(H,22,25)(H,23,26). The Morgan fingerprint density at radius 1 is 1.09 bits per heavy atom. The number of ether oxygens (including phenoxy) is 2. The lowest BCUT2D eigenvalue weighted by Gasteiger charge is -2.23. The van der Waals surface area contributed by atoms with Gasteiger partial charge in [-0.25, -0.2) is 8.42 Å². The van der Waals surface area contributed by atoms with Crippen molar-refractivity contribution in [2.45, 2.75) is 45.1 Å². The van der Waals surface area contributed by atoms with Crippen molar-refractivity contribution in [2.75, 3.05) is 13.2 Å². The molecule has 1 aromatic heterocycles. The molecule has 11 heteroatoms. The zero-order valence-corrected chi connectivity index (χ0v) is 20.0. The maximum Gasteiger partial charge on any atom is 0.279 e. The zero-order valence-electron chi connectivity index (χ0n) is 18.4. The van der Waals surface area contributed by atoms with Crippen LogP contribution in [0.3, 0.4) is 0 Å². The number of sulfonamides is 1. The highest BCUT2D eigenvalue weighted by molar-refractivity contribution is 7.89. The molecule has 1 aromatic carbocycles. The van der Waals surface area contributed by atoms with Crippen LogP contribution in [0.2, 0.25) is 0 Å². The predicted octanol–water partition coefficient (Wildman–Crippen LogP) is 2.15. The lowest BCUT2D eigenvalue weighted by Crippen LogP contribution is -2.54. The lowest BCUT2D eigenvalue weighted by molar-refractivity contribution is -0.124. The second-order valence-electron chi connectivity index (χ2n) is 7.66. The molecule has 3 rings (SSSR count). The van der Waals surface area contributed by atoms with E-state index in [4.69, 9.17) is 9.47 Å². The number of fused-ring (bicyclic) bond motifs is 1. The van der Waals surface area contributed by atoms with E-state index in [9.17, 15) is 18.0 Å². The van der Waals surface area contributed by atoms with E-state index in [1.807, 2.05) is 13.8 Å². The summed E-state index contributed by atoms with van der Waals surface area (Å²) in [5, 5.41) is 0. The van der Waals surface area contributed by atoms with E-state index in [0.29, 0.717) is 29.6 Å². The first-order chi connectivity index (χ1) is 15.1. The summed E-state index contributed by atoms with van der Waals surface area (Å²) in [4.78, 5) is 26.6. The molecule has 1 atom stereocenters. The van der Waals surface area contributed by atoms with Crippen LogP contribution in [-0.4, -0.2) is 39.5 Å². The average molecular weight is 482 g/mol. The molecule has 3 N–H and O–H groups in total. The van der Waals surface area contributed by atoms with Crippen molar-refractivity contribution in [1.82, 2.24) is 15.6 Å². The van der Waals surface area contributed by atoms with E-state index in [1.165, 1.54) is 29.5 Å². The van der Waals surface area contributed by atoms with Crippen molar-refractivity contribution < 1.29 is 27.5 Å². The molecule has 174 valence electrons. The molecular formula is C21H27N3O6S2. The fourth-order valence-electron chi connectivity index (χ4n) is 3.16. The summed E-state index contributed by atoms with van der Waals surface area (Å²) in [5.74, 6) is -0.711. The monoisotopic (exact) mass is 481 g/mol. The Balaban J connectivity index is 1.68. The number of rotatable bonds is 7. The number of benzene rings is 1. The largest absolute Gasteiger partial charge is 0.486 e. The van der Waals surface area contributed by atoms with Crippen LogP contribution in [0.25, 0.3) is 0 Å². The molecule has 2 aromatic rings. The average Bonchev–Trinajstić information content (AvgIpc) is 3.15. The molecule has 2 heterocycles. The third-order valence-corrected chi connectivity index (χ3v) is 7.74. The highest BCUT2D eigenvalue weighted by Gasteiger charge is 2.30. The Labute approximate surface area is 191 Å². The van der Waals surface area contributed by atoms with E-state index in [-0.39, 0.29) is 10.8 Å². The van der Waals surface area contributed by atoms with Gasteiger partial charge in [-0.3, -0.25) is 20.4 Å². The summed E-state index contributed by atoms with van der Waals surface area (Å²) in [6, 6.07) is 4.91. The van der Waals surface area contributed by atoms with Crippen molar-refractivity contribution in [2.24, 2.45) is 5.92 Å². The van der Waals surface area contributed by atoms with Crippen molar-refractivity contribution in [1.29, 1.82) is 0 Å². The van der Waals surface area contributed by atoms with Gasteiger partial charge in [-0.2, -0.15) is 4.72 Å². The van der Waals surface area contributed by atoms with E-state index in [1.54, 1.807) is 19.9 Å². The summed E-state index contributed by atoms with van der Waals surface area (Å²) in [5.41, 5.74) is 5.71. The smallest absolute Gasteiger partial charge is 0.279 e. The zero-order chi connectivity index (χ0) is 23.5. The van der Waals surface area contributed by atoms with Crippen LogP contribution in [0.15, 0.2) is 29.2 Å². The molecule has 9 nitrogen and oxygen atoms in total. The molecule has 0 aliphatic carbocycles. The van der Waals surface area contributed by atoms with Gasteiger partial charge in [-0.1, -0.05) is 20.8 Å². The van der Waals surface area contributed by atoms with Crippen molar-refractivity contribution >= 4 is 33.2 Å². The molecule has 32 heavy (non-hydrogen) atoms. The quantitative estimate of drug-likeness (QED) is 0.521. The van der Waals surface area contributed by atoms with Gasteiger partial charge in [0.05, 0.1) is 9.77 Å². The minimum atomic E-state index is -4.04. The molecule has 1 aliphatic heterocycles. The highest BCUT2D eigenvalue weighted by Crippen LogP contribution is 2.32. The fourth-order valence-corrected chi connectivity index (χ4v) is 5.53. The Morgan fingerprint density at radius 2 is 1.78 bits per heavy atom. The number of nitrogens with one attached hydrogen (secondary N) is 3.